The number of hydrogen-bond acceptors (Lipinski definition) is 8. The zero-order valence-electron chi connectivity index (χ0n) is 17.8. The first-order valence-corrected chi connectivity index (χ1v) is 12.2. The number of amides is 1. The van der Waals surface area contributed by atoms with E-state index in [9.17, 15) is 17.6 Å². The molecule has 1 aromatic heterocycles. The molecule has 1 aliphatic rings. The number of nitrogens with one attached hydrogen (secondary N) is 1. The van der Waals surface area contributed by atoms with Gasteiger partial charge in [0.2, 0.25) is 15.0 Å². The lowest BCUT2D eigenvalue weighted by atomic mass is 10.2. The van der Waals surface area contributed by atoms with Crippen molar-refractivity contribution in [2.45, 2.75) is 23.8 Å². The molecule has 2 heterocycles. The molecule has 1 N–H and O–H groups in total. The quantitative estimate of drug-likeness (QED) is 0.538. The largest absolute Gasteiger partial charge is 0.493 e. The maximum Gasteiger partial charge on any atom is 0.286 e. The molecule has 1 saturated heterocycles. The van der Waals surface area contributed by atoms with Gasteiger partial charge >= 0.3 is 0 Å². The normalized spacial score (nSPS) is 16.5. The lowest BCUT2D eigenvalue weighted by molar-refractivity contribution is 0.102. The Hall–Kier alpha value is -3.09. The monoisotopic (exact) mass is 492 g/mol. The summed E-state index contributed by atoms with van der Waals surface area (Å²) in [5.41, 5.74) is 0.414. The molecule has 174 valence electrons. The van der Waals surface area contributed by atoms with Crippen molar-refractivity contribution in [3.63, 3.8) is 0 Å². The molecule has 1 fully saturated rings. The van der Waals surface area contributed by atoms with E-state index in [-0.39, 0.29) is 9.90 Å². The molecular weight excluding hydrogens is 471 g/mol. The summed E-state index contributed by atoms with van der Waals surface area (Å²) < 4.78 is 51.6. The fraction of sp³-hybridized carbons (Fsp3) is 0.286. The van der Waals surface area contributed by atoms with Crippen molar-refractivity contribution in [1.82, 2.24) is 14.5 Å². The Morgan fingerprint density at radius 3 is 2.55 bits per heavy atom. The molecule has 4 rings (SSSR count). The summed E-state index contributed by atoms with van der Waals surface area (Å²) in [6.45, 7) is 0.317. The molecule has 0 radical (unpaired) electrons. The van der Waals surface area contributed by atoms with Crippen LogP contribution in [-0.2, 0) is 10.0 Å². The van der Waals surface area contributed by atoms with Crippen LogP contribution in [0.1, 0.15) is 33.7 Å². The summed E-state index contributed by atoms with van der Waals surface area (Å²) in [5.74, 6) is -0.179. The number of rotatable bonds is 7. The van der Waals surface area contributed by atoms with Crippen molar-refractivity contribution in [1.29, 1.82) is 0 Å². The van der Waals surface area contributed by atoms with Gasteiger partial charge in [-0.1, -0.05) is 11.3 Å². The summed E-state index contributed by atoms with van der Waals surface area (Å²) in [5, 5.41) is 11.2. The number of hydrogen-bond donors (Lipinski definition) is 1. The van der Waals surface area contributed by atoms with Crippen LogP contribution in [0.4, 0.5) is 10.1 Å². The minimum atomic E-state index is -3.86. The molecule has 3 aromatic rings. The van der Waals surface area contributed by atoms with E-state index in [2.05, 4.69) is 15.5 Å². The standard InChI is InChI=1S/C21H21FN4O5S2/c1-30-17-10-9-15(12-18(17)31-2)33(28,29)26-11-3-4-16(26)20-24-25-21(32-20)19(27)23-14-7-5-13(22)6-8-14/h5-10,12,16H,3-4,11H2,1-2H3,(H,23,27)/t16-/m0/s1. The fourth-order valence-electron chi connectivity index (χ4n) is 3.57. The average molecular weight is 493 g/mol. The number of anilines is 1. The predicted octanol–water partition coefficient (Wildman–Crippen LogP) is 3.47. The summed E-state index contributed by atoms with van der Waals surface area (Å²) in [4.78, 5) is 12.6. The number of sulfonamides is 1. The lowest BCUT2D eigenvalue weighted by Gasteiger charge is -2.22. The summed E-state index contributed by atoms with van der Waals surface area (Å²) in [7, 11) is -0.945. The van der Waals surface area contributed by atoms with Crippen LogP contribution in [0, 0.1) is 5.82 Å². The zero-order valence-corrected chi connectivity index (χ0v) is 19.5. The number of ether oxygens (including phenoxy) is 2. The highest BCUT2D eigenvalue weighted by Crippen LogP contribution is 2.39. The van der Waals surface area contributed by atoms with Gasteiger partial charge in [0.1, 0.15) is 10.8 Å². The van der Waals surface area contributed by atoms with E-state index in [0.29, 0.717) is 41.6 Å². The van der Waals surface area contributed by atoms with Gasteiger partial charge in [-0.25, -0.2) is 12.8 Å². The van der Waals surface area contributed by atoms with E-state index in [1.807, 2.05) is 0 Å². The van der Waals surface area contributed by atoms with Gasteiger partial charge in [-0.3, -0.25) is 4.79 Å². The maximum absolute atomic E-state index is 13.4. The van der Waals surface area contributed by atoms with Crippen LogP contribution in [0.15, 0.2) is 47.4 Å². The Morgan fingerprint density at radius 1 is 1.12 bits per heavy atom. The van der Waals surface area contributed by atoms with Gasteiger partial charge in [0.25, 0.3) is 5.91 Å². The number of methoxy groups -OCH3 is 2. The van der Waals surface area contributed by atoms with Gasteiger partial charge in [0.05, 0.1) is 25.2 Å². The molecule has 2 aromatic carbocycles. The van der Waals surface area contributed by atoms with Crippen molar-refractivity contribution >= 4 is 33.0 Å². The molecule has 33 heavy (non-hydrogen) atoms. The minimum Gasteiger partial charge on any atom is -0.493 e. The third kappa shape index (κ3) is 4.68. The first-order valence-electron chi connectivity index (χ1n) is 9.97. The molecule has 0 saturated carbocycles. The van der Waals surface area contributed by atoms with Crippen LogP contribution >= 0.6 is 11.3 Å². The van der Waals surface area contributed by atoms with Crippen LogP contribution in [0.25, 0.3) is 0 Å². The van der Waals surface area contributed by atoms with Crippen LogP contribution in [-0.4, -0.2) is 49.6 Å². The van der Waals surface area contributed by atoms with Gasteiger partial charge < -0.3 is 14.8 Å². The average Bonchev–Trinajstić information content (AvgIpc) is 3.50. The molecule has 0 spiro atoms. The van der Waals surface area contributed by atoms with Crippen LogP contribution in [0.3, 0.4) is 0 Å². The SMILES string of the molecule is COc1ccc(S(=O)(=O)N2CCC[C@H]2c2nnc(C(=O)Nc3ccc(F)cc3)s2)cc1OC. The van der Waals surface area contributed by atoms with Crippen molar-refractivity contribution in [2.24, 2.45) is 0 Å². The third-order valence-electron chi connectivity index (χ3n) is 5.19. The second-order valence-electron chi connectivity index (χ2n) is 7.20. The van der Waals surface area contributed by atoms with Crippen molar-refractivity contribution < 1.29 is 27.1 Å². The highest BCUT2D eigenvalue weighted by atomic mass is 32.2. The maximum atomic E-state index is 13.4. The summed E-state index contributed by atoms with van der Waals surface area (Å²) >= 11 is 1.03. The number of aromatic nitrogens is 2. The Morgan fingerprint density at radius 2 is 1.85 bits per heavy atom. The third-order valence-corrected chi connectivity index (χ3v) is 8.11. The van der Waals surface area contributed by atoms with E-state index in [4.69, 9.17) is 9.47 Å². The number of carbonyl (C=O) groups is 1. The van der Waals surface area contributed by atoms with E-state index < -0.39 is 27.8 Å². The molecule has 1 aliphatic heterocycles. The van der Waals surface area contributed by atoms with Gasteiger partial charge in [0, 0.05) is 18.3 Å². The molecule has 0 bridgehead atoms. The molecule has 1 amide bonds. The first-order chi connectivity index (χ1) is 15.8. The van der Waals surface area contributed by atoms with E-state index in [0.717, 1.165) is 11.3 Å². The van der Waals surface area contributed by atoms with Gasteiger partial charge in [0.15, 0.2) is 11.5 Å². The highest BCUT2D eigenvalue weighted by molar-refractivity contribution is 7.89. The van der Waals surface area contributed by atoms with Crippen molar-refractivity contribution in [3.05, 3.63) is 58.3 Å². The topological polar surface area (TPSA) is 111 Å². The van der Waals surface area contributed by atoms with Gasteiger partial charge in [-0.05, 0) is 49.2 Å². The van der Waals surface area contributed by atoms with Gasteiger partial charge in [-0.15, -0.1) is 10.2 Å². The smallest absolute Gasteiger partial charge is 0.286 e. The second kappa shape index (κ2) is 9.41. The Balaban J connectivity index is 1.55. The summed E-state index contributed by atoms with van der Waals surface area (Å²) in [6.07, 6.45) is 1.20. The number of carbonyl (C=O) groups excluding carboxylic acids is 1. The molecule has 1 atom stereocenters. The van der Waals surface area contributed by atoms with Crippen LogP contribution in [0.2, 0.25) is 0 Å². The predicted molar refractivity (Wildman–Crippen MR) is 120 cm³/mol. The van der Waals surface area contributed by atoms with Crippen molar-refractivity contribution in [3.8, 4) is 11.5 Å². The fourth-order valence-corrected chi connectivity index (χ4v) is 6.20. The zero-order chi connectivity index (χ0) is 23.6. The number of halogens is 1. The molecule has 9 nitrogen and oxygen atoms in total. The number of benzene rings is 2. The lowest BCUT2D eigenvalue weighted by Crippen LogP contribution is -2.30. The van der Waals surface area contributed by atoms with E-state index in [1.54, 1.807) is 6.07 Å². The molecular formula is C21H21FN4O5S2. The highest BCUT2D eigenvalue weighted by Gasteiger charge is 2.38. The molecule has 12 heteroatoms. The Kier molecular flexibility index (Phi) is 6.58. The van der Waals surface area contributed by atoms with E-state index >= 15 is 0 Å². The van der Waals surface area contributed by atoms with Crippen LogP contribution in [0.5, 0.6) is 11.5 Å². The van der Waals surface area contributed by atoms with Gasteiger partial charge in [-0.2, -0.15) is 4.31 Å². The second-order valence-corrected chi connectivity index (χ2v) is 10.1. The molecule has 0 aliphatic carbocycles. The van der Waals surface area contributed by atoms with Crippen molar-refractivity contribution in [2.75, 3.05) is 26.1 Å². The number of nitrogens with zero attached hydrogens (tertiary/aromatic N) is 3. The minimum absolute atomic E-state index is 0.0749. The van der Waals surface area contributed by atoms with E-state index in [1.165, 1.54) is 54.9 Å². The molecule has 0 unspecified atom stereocenters. The summed E-state index contributed by atoms with van der Waals surface area (Å²) in [6, 6.07) is 9.23. The first kappa shape index (κ1) is 23.1. The Labute approximate surface area is 194 Å². The van der Waals surface area contributed by atoms with Crippen LogP contribution < -0.4 is 14.8 Å². The Bertz CT molecular complexity index is 1260.